The first-order valence-electron chi connectivity index (χ1n) is 3.64. The van der Waals surface area contributed by atoms with Crippen molar-refractivity contribution in [3.63, 3.8) is 0 Å². The Balaban J connectivity index is 2.61. The van der Waals surface area contributed by atoms with Gasteiger partial charge >= 0.3 is 11.9 Å². The van der Waals surface area contributed by atoms with E-state index in [0.717, 1.165) is 0 Å². The van der Waals surface area contributed by atoms with Crippen LogP contribution in [0.15, 0.2) is 0 Å². The molecule has 66 valence electrons. The molecule has 12 heavy (non-hydrogen) atoms. The van der Waals surface area contributed by atoms with Gasteiger partial charge in [-0.05, 0) is 0 Å². The Morgan fingerprint density at radius 3 is 2.33 bits per heavy atom. The number of rotatable bonds is 1. The zero-order valence-corrected chi connectivity index (χ0v) is 6.70. The third kappa shape index (κ3) is 1.81. The van der Waals surface area contributed by atoms with Gasteiger partial charge in [0.1, 0.15) is 13.1 Å². The first-order chi connectivity index (χ1) is 5.63. The molecular formula is C7H9NO4. The van der Waals surface area contributed by atoms with Crippen molar-refractivity contribution in [3.05, 3.63) is 0 Å². The second kappa shape index (κ2) is 3.34. The van der Waals surface area contributed by atoms with E-state index in [1.165, 1.54) is 4.90 Å². The highest BCUT2D eigenvalue weighted by atomic mass is 16.6. The summed E-state index contributed by atoms with van der Waals surface area (Å²) >= 11 is 0. The molecule has 1 aliphatic heterocycles. The Hall–Kier alpha value is -1.39. The number of nitrogens with zero attached hydrogens (tertiary/aromatic N) is 1. The minimum atomic E-state index is -0.659. The Morgan fingerprint density at radius 2 is 1.92 bits per heavy atom. The van der Waals surface area contributed by atoms with Crippen LogP contribution < -0.4 is 0 Å². The van der Waals surface area contributed by atoms with Crippen LogP contribution in [0.25, 0.3) is 0 Å². The molecule has 0 radical (unpaired) electrons. The van der Waals surface area contributed by atoms with Crippen LogP contribution in [0.2, 0.25) is 0 Å². The maximum atomic E-state index is 11.0. The Bertz CT molecular complexity index is 220. The standard InChI is InChI=1S/C7H9NO4/c1-2-5(9)8-3-6(10)12-7(11)4-8/h2-4H2,1H3. The number of hydrogen-bond acceptors (Lipinski definition) is 4. The summed E-state index contributed by atoms with van der Waals surface area (Å²) in [7, 11) is 0. The Labute approximate surface area is 69.3 Å². The molecule has 0 atom stereocenters. The Morgan fingerprint density at radius 1 is 1.42 bits per heavy atom. The number of carbonyl (C=O) groups is 3. The van der Waals surface area contributed by atoms with Gasteiger partial charge in [0.2, 0.25) is 5.91 Å². The molecular weight excluding hydrogens is 162 g/mol. The molecule has 0 N–H and O–H groups in total. The topological polar surface area (TPSA) is 63.7 Å². The summed E-state index contributed by atoms with van der Waals surface area (Å²) in [4.78, 5) is 33.5. The third-order valence-electron chi connectivity index (χ3n) is 1.52. The van der Waals surface area contributed by atoms with E-state index >= 15 is 0 Å². The molecule has 1 rings (SSSR count). The summed E-state index contributed by atoms with van der Waals surface area (Å²) in [6, 6.07) is 0. The fourth-order valence-electron chi connectivity index (χ4n) is 0.959. The summed E-state index contributed by atoms with van der Waals surface area (Å²) in [6.45, 7) is 1.45. The van der Waals surface area contributed by atoms with Crippen LogP contribution >= 0.6 is 0 Å². The van der Waals surface area contributed by atoms with E-state index < -0.39 is 11.9 Å². The van der Waals surface area contributed by atoms with Crippen molar-refractivity contribution in [2.24, 2.45) is 0 Å². The van der Waals surface area contributed by atoms with Crippen molar-refractivity contribution in [3.8, 4) is 0 Å². The highest BCUT2D eigenvalue weighted by Crippen LogP contribution is 2.01. The second-order valence-corrected chi connectivity index (χ2v) is 2.45. The molecule has 1 saturated heterocycles. The number of hydrogen-bond donors (Lipinski definition) is 0. The van der Waals surface area contributed by atoms with Gasteiger partial charge in [-0.2, -0.15) is 0 Å². The van der Waals surface area contributed by atoms with Gasteiger partial charge in [0.15, 0.2) is 0 Å². The average Bonchev–Trinajstić information content (AvgIpc) is 2.01. The fraction of sp³-hybridized carbons (Fsp3) is 0.571. The van der Waals surface area contributed by atoms with Gasteiger partial charge < -0.3 is 9.64 Å². The predicted molar refractivity (Wildman–Crippen MR) is 38.0 cm³/mol. The van der Waals surface area contributed by atoms with Crippen molar-refractivity contribution in [2.45, 2.75) is 13.3 Å². The largest absolute Gasteiger partial charge is 0.390 e. The molecule has 0 saturated carbocycles. The quantitative estimate of drug-likeness (QED) is 0.387. The molecule has 0 aromatic carbocycles. The highest BCUT2D eigenvalue weighted by Gasteiger charge is 2.27. The van der Waals surface area contributed by atoms with Crippen LogP contribution in [0.5, 0.6) is 0 Å². The smallest absolute Gasteiger partial charge is 0.333 e. The van der Waals surface area contributed by atoms with Crippen LogP contribution in [0.3, 0.4) is 0 Å². The number of amides is 1. The molecule has 0 unspecified atom stereocenters. The van der Waals surface area contributed by atoms with Crippen molar-refractivity contribution in [1.29, 1.82) is 0 Å². The van der Waals surface area contributed by atoms with Crippen molar-refractivity contribution >= 4 is 17.8 Å². The van der Waals surface area contributed by atoms with E-state index in [4.69, 9.17) is 0 Å². The minimum Gasteiger partial charge on any atom is -0.390 e. The van der Waals surface area contributed by atoms with E-state index in [1.807, 2.05) is 0 Å². The molecule has 1 amide bonds. The Kier molecular flexibility index (Phi) is 2.42. The van der Waals surface area contributed by atoms with E-state index in [2.05, 4.69) is 4.74 Å². The highest BCUT2D eigenvalue weighted by molar-refractivity contribution is 5.95. The molecule has 1 fully saturated rings. The van der Waals surface area contributed by atoms with Gasteiger partial charge in [0.05, 0.1) is 0 Å². The molecule has 5 nitrogen and oxygen atoms in total. The molecule has 5 heteroatoms. The lowest BCUT2D eigenvalue weighted by Gasteiger charge is -2.23. The first-order valence-corrected chi connectivity index (χ1v) is 3.64. The zero-order chi connectivity index (χ0) is 9.14. The van der Waals surface area contributed by atoms with Crippen LogP contribution in [0, 0.1) is 0 Å². The van der Waals surface area contributed by atoms with Crippen molar-refractivity contribution in [1.82, 2.24) is 4.90 Å². The molecule has 0 aromatic heterocycles. The molecule has 1 heterocycles. The number of cyclic esters (lactones) is 2. The van der Waals surface area contributed by atoms with E-state index in [1.54, 1.807) is 6.92 Å². The lowest BCUT2D eigenvalue weighted by Crippen LogP contribution is -2.45. The van der Waals surface area contributed by atoms with Crippen LogP contribution in [0.1, 0.15) is 13.3 Å². The molecule has 0 bridgehead atoms. The normalized spacial score (nSPS) is 17.6. The number of ether oxygens (including phenoxy) is 1. The van der Waals surface area contributed by atoms with Crippen LogP contribution in [-0.2, 0) is 19.1 Å². The molecule has 0 spiro atoms. The molecule has 0 aromatic rings. The summed E-state index contributed by atoms with van der Waals surface area (Å²) in [6.07, 6.45) is 0.292. The maximum Gasteiger partial charge on any atom is 0.333 e. The average molecular weight is 171 g/mol. The van der Waals surface area contributed by atoms with E-state index in [-0.39, 0.29) is 19.0 Å². The molecule has 0 aliphatic carbocycles. The summed E-state index contributed by atoms with van der Waals surface area (Å²) in [5.41, 5.74) is 0. The summed E-state index contributed by atoms with van der Waals surface area (Å²) < 4.78 is 4.24. The maximum absolute atomic E-state index is 11.0. The minimum absolute atomic E-state index is 0.113. The van der Waals surface area contributed by atoms with Gasteiger partial charge in [-0.15, -0.1) is 0 Å². The van der Waals surface area contributed by atoms with Crippen molar-refractivity contribution in [2.75, 3.05) is 13.1 Å². The first kappa shape index (κ1) is 8.70. The lowest BCUT2D eigenvalue weighted by molar-refractivity contribution is -0.170. The zero-order valence-electron chi connectivity index (χ0n) is 6.70. The summed E-state index contributed by atoms with van der Waals surface area (Å²) in [5.74, 6) is -1.53. The SMILES string of the molecule is CCC(=O)N1CC(=O)OC(=O)C1. The van der Waals surface area contributed by atoms with Crippen molar-refractivity contribution < 1.29 is 19.1 Å². The second-order valence-electron chi connectivity index (χ2n) is 2.45. The van der Waals surface area contributed by atoms with Gasteiger partial charge in [0.25, 0.3) is 0 Å². The van der Waals surface area contributed by atoms with E-state index in [9.17, 15) is 14.4 Å². The summed E-state index contributed by atoms with van der Waals surface area (Å²) in [5, 5.41) is 0. The lowest BCUT2D eigenvalue weighted by atomic mass is 10.3. The van der Waals surface area contributed by atoms with E-state index in [0.29, 0.717) is 6.42 Å². The number of carbonyl (C=O) groups excluding carboxylic acids is 3. The van der Waals surface area contributed by atoms with Gasteiger partial charge in [0, 0.05) is 6.42 Å². The third-order valence-corrected chi connectivity index (χ3v) is 1.52. The van der Waals surface area contributed by atoms with Gasteiger partial charge in [-0.1, -0.05) is 6.92 Å². The fourth-order valence-corrected chi connectivity index (χ4v) is 0.959. The van der Waals surface area contributed by atoms with Gasteiger partial charge in [-0.25, -0.2) is 9.59 Å². The number of morpholine rings is 1. The predicted octanol–water partition coefficient (Wildman–Crippen LogP) is -0.692. The van der Waals surface area contributed by atoms with Crippen LogP contribution in [-0.4, -0.2) is 35.8 Å². The molecule has 1 aliphatic rings. The monoisotopic (exact) mass is 171 g/mol. The number of esters is 2. The van der Waals surface area contributed by atoms with Gasteiger partial charge in [-0.3, -0.25) is 4.79 Å². The van der Waals surface area contributed by atoms with Crippen LogP contribution in [0.4, 0.5) is 0 Å².